The maximum absolute atomic E-state index is 11.2. The van der Waals surface area contributed by atoms with E-state index in [4.69, 9.17) is 20.5 Å². The zero-order valence-corrected chi connectivity index (χ0v) is 11.7. The molecule has 21 heavy (non-hydrogen) atoms. The topological polar surface area (TPSA) is 85.3 Å². The third kappa shape index (κ3) is 2.65. The number of methoxy groups -OCH3 is 2. The highest BCUT2D eigenvalue weighted by Gasteiger charge is 2.13. The molecule has 5 nitrogen and oxygen atoms in total. The number of nitriles is 1. The monoisotopic (exact) mass is 282 g/mol. The summed E-state index contributed by atoms with van der Waals surface area (Å²) in [6, 6.07) is 11.0. The summed E-state index contributed by atoms with van der Waals surface area (Å²) < 4.78 is 10.8. The minimum absolute atomic E-state index is 0.148. The van der Waals surface area contributed by atoms with Gasteiger partial charge >= 0.3 is 0 Å². The molecular formula is C16H14N2O3. The van der Waals surface area contributed by atoms with Crippen molar-refractivity contribution in [1.82, 2.24) is 0 Å². The highest BCUT2D eigenvalue weighted by Crippen LogP contribution is 2.37. The van der Waals surface area contributed by atoms with Crippen molar-refractivity contribution < 1.29 is 14.3 Å². The molecule has 1 amide bonds. The number of rotatable bonds is 4. The summed E-state index contributed by atoms with van der Waals surface area (Å²) in [4.78, 5) is 11.2. The lowest BCUT2D eigenvalue weighted by Crippen LogP contribution is -2.12. The van der Waals surface area contributed by atoms with E-state index in [9.17, 15) is 4.79 Å². The van der Waals surface area contributed by atoms with Gasteiger partial charge in [-0.05, 0) is 12.1 Å². The summed E-state index contributed by atoms with van der Waals surface area (Å²) in [7, 11) is 3.09. The summed E-state index contributed by atoms with van der Waals surface area (Å²) in [5, 5.41) is 10.7. The van der Waals surface area contributed by atoms with Crippen LogP contribution in [0, 0.1) is 11.3 Å². The van der Waals surface area contributed by atoms with E-state index in [1.54, 1.807) is 19.2 Å². The molecule has 0 fully saturated rings. The Hall–Kier alpha value is -3.00. The molecule has 0 radical (unpaired) electrons. The van der Waals surface area contributed by atoms with Crippen LogP contribution >= 0.6 is 0 Å². The number of amides is 1. The smallest absolute Gasteiger partial charge is 0.259 e. The second kappa shape index (κ2) is 5.97. The first-order valence-corrected chi connectivity index (χ1v) is 6.17. The molecule has 0 heterocycles. The number of carbonyl (C=O) groups is 1. The number of ether oxygens (including phenoxy) is 2. The highest BCUT2D eigenvalue weighted by molar-refractivity contribution is 6.03. The molecule has 0 aliphatic carbocycles. The van der Waals surface area contributed by atoms with E-state index < -0.39 is 5.91 Å². The van der Waals surface area contributed by atoms with Crippen LogP contribution in [0.2, 0.25) is 0 Å². The van der Waals surface area contributed by atoms with Gasteiger partial charge in [0.1, 0.15) is 23.1 Å². The molecule has 0 bridgehead atoms. The first kappa shape index (κ1) is 14.4. The number of carbonyl (C=O) groups excluding carboxylic acids is 1. The van der Waals surface area contributed by atoms with Gasteiger partial charge in [0.2, 0.25) is 0 Å². The Morgan fingerprint density at radius 3 is 2.43 bits per heavy atom. The Bertz CT molecular complexity index is 773. The average Bonchev–Trinajstić information content (AvgIpc) is 2.51. The molecule has 0 unspecified atom stereocenters. The van der Waals surface area contributed by atoms with Crippen LogP contribution in [0.4, 0.5) is 0 Å². The summed E-state index contributed by atoms with van der Waals surface area (Å²) in [6.45, 7) is 0. The van der Waals surface area contributed by atoms with E-state index >= 15 is 0 Å². The SMILES string of the molecule is COc1cc(/C=C(\C#N)C(N)=O)c(OC)c2ccccc12. The molecule has 106 valence electrons. The average molecular weight is 282 g/mol. The van der Waals surface area contributed by atoms with Crippen molar-refractivity contribution in [1.29, 1.82) is 5.26 Å². The van der Waals surface area contributed by atoms with E-state index in [1.807, 2.05) is 24.3 Å². The third-order valence-electron chi connectivity index (χ3n) is 3.10. The Kier molecular flexibility index (Phi) is 4.10. The summed E-state index contributed by atoms with van der Waals surface area (Å²) >= 11 is 0. The molecule has 2 N–H and O–H groups in total. The zero-order chi connectivity index (χ0) is 15.4. The van der Waals surface area contributed by atoms with Crippen LogP contribution in [0.15, 0.2) is 35.9 Å². The van der Waals surface area contributed by atoms with E-state index in [0.29, 0.717) is 17.1 Å². The van der Waals surface area contributed by atoms with Gasteiger partial charge in [0.25, 0.3) is 5.91 Å². The quantitative estimate of drug-likeness (QED) is 0.688. The second-order valence-electron chi connectivity index (χ2n) is 4.28. The van der Waals surface area contributed by atoms with Crippen LogP contribution in [0.3, 0.4) is 0 Å². The fourth-order valence-electron chi connectivity index (χ4n) is 2.15. The van der Waals surface area contributed by atoms with Crippen molar-refractivity contribution >= 4 is 22.8 Å². The first-order valence-electron chi connectivity index (χ1n) is 6.17. The summed E-state index contributed by atoms with van der Waals surface area (Å²) in [5.41, 5.74) is 5.58. The zero-order valence-electron chi connectivity index (χ0n) is 11.7. The van der Waals surface area contributed by atoms with Crippen LogP contribution in [-0.4, -0.2) is 20.1 Å². The third-order valence-corrected chi connectivity index (χ3v) is 3.10. The molecule has 0 spiro atoms. The Labute approximate surface area is 122 Å². The fraction of sp³-hybridized carbons (Fsp3) is 0.125. The standard InChI is InChI=1S/C16H14N2O3/c1-20-14-8-10(7-11(9-17)16(18)19)15(21-2)13-6-4-3-5-12(13)14/h3-8H,1-2H3,(H2,18,19)/b11-7+. The molecule has 0 aromatic heterocycles. The molecule has 2 rings (SSSR count). The maximum Gasteiger partial charge on any atom is 0.259 e. The lowest BCUT2D eigenvalue weighted by atomic mass is 10.0. The molecule has 2 aromatic rings. The van der Waals surface area contributed by atoms with E-state index in [0.717, 1.165) is 10.8 Å². The lowest BCUT2D eigenvalue weighted by Gasteiger charge is -2.13. The fourth-order valence-corrected chi connectivity index (χ4v) is 2.15. The van der Waals surface area contributed by atoms with Crippen LogP contribution in [0.5, 0.6) is 11.5 Å². The predicted molar refractivity (Wildman–Crippen MR) is 79.8 cm³/mol. The molecular weight excluding hydrogens is 268 g/mol. The van der Waals surface area contributed by atoms with Crippen molar-refractivity contribution in [3.8, 4) is 17.6 Å². The molecule has 0 aliphatic heterocycles. The van der Waals surface area contributed by atoms with Crippen LogP contribution < -0.4 is 15.2 Å². The van der Waals surface area contributed by atoms with Gasteiger partial charge < -0.3 is 15.2 Å². The second-order valence-corrected chi connectivity index (χ2v) is 4.28. The molecule has 0 aliphatic rings. The van der Waals surface area contributed by atoms with E-state index in [1.165, 1.54) is 13.2 Å². The van der Waals surface area contributed by atoms with E-state index in [2.05, 4.69) is 0 Å². The number of hydrogen-bond acceptors (Lipinski definition) is 4. The minimum atomic E-state index is -0.785. The van der Waals surface area contributed by atoms with Crippen molar-refractivity contribution in [2.75, 3.05) is 14.2 Å². The van der Waals surface area contributed by atoms with Crippen LogP contribution in [0.25, 0.3) is 16.8 Å². The summed E-state index contributed by atoms with van der Waals surface area (Å²) in [6.07, 6.45) is 1.40. The van der Waals surface area contributed by atoms with E-state index in [-0.39, 0.29) is 5.57 Å². The van der Waals surface area contributed by atoms with Gasteiger partial charge in [0, 0.05) is 16.3 Å². The normalized spacial score (nSPS) is 11.0. The molecule has 2 aromatic carbocycles. The Balaban J connectivity index is 2.81. The molecule has 0 atom stereocenters. The number of nitrogens with two attached hydrogens (primary N) is 1. The van der Waals surface area contributed by atoms with Gasteiger partial charge in [-0.2, -0.15) is 5.26 Å². The Morgan fingerprint density at radius 1 is 1.24 bits per heavy atom. The van der Waals surface area contributed by atoms with Gasteiger partial charge in [-0.15, -0.1) is 0 Å². The lowest BCUT2D eigenvalue weighted by molar-refractivity contribution is -0.114. The number of primary amides is 1. The minimum Gasteiger partial charge on any atom is -0.496 e. The Morgan fingerprint density at radius 2 is 1.90 bits per heavy atom. The van der Waals surface area contributed by atoms with Gasteiger partial charge in [0.05, 0.1) is 14.2 Å². The van der Waals surface area contributed by atoms with Gasteiger partial charge in [0.15, 0.2) is 0 Å². The maximum atomic E-state index is 11.2. The van der Waals surface area contributed by atoms with Crippen LogP contribution in [-0.2, 0) is 4.79 Å². The number of nitrogens with zero attached hydrogens (tertiary/aromatic N) is 1. The highest BCUT2D eigenvalue weighted by atomic mass is 16.5. The largest absolute Gasteiger partial charge is 0.496 e. The molecule has 0 saturated carbocycles. The van der Waals surface area contributed by atoms with Crippen molar-refractivity contribution in [3.05, 3.63) is 41.5 Å². The van der Waals surface area contributed by atoms with Crippen molar-refractivity contribution in [2.45, 2.75) is 0 Å². The first-order chi connectivity index (χ1) is 10.1. The van der Waals surface area contributed by atoms with Gasteiger partial charge in [-0.3, -0.25) is 4.79 Å². The van der Waals surface area contributed by atoms with Gasteiger partial charge in [-0.25, -0.2) is 0 Å². The number of benzene rings is 2. The van der Waals surface area contributed by atoms with Crippen molar-refractivity contribution in [3.63, 3.8) is 0 Å². The van der Waals surface area contributed by atoms with Crippen molar-refractivity contribution in [2.24, 2.45) is 5.73 Å². The molecule has 0 saturated heterocycles. The predicted octanol–water partition coefficient (Wildman–Crippen LogP) is 2.25. The van der Waals surface area contributed by atoms with Crippen LogP contribution in [0.1, 0.15) is 5.56 Å². The molecule has 5 heteroatoms. The number of hydrogen-bond donors (Lipinski definition) is 1. The summed E-state index contributed by atoms with van der Waals surface area (Å²) in [5.74, 6) is 0.395. The van der Waals surface area contributed by atoms with Gasteiger partial charge in [-0.1, -0.05) is 24.3 Å². The number of fused-ring (bicyclic) bond motifs is 1.